The lowest BCUT2D eigenvalue weighted by Crippen LogP contribution is -2.23. The molecule has 1 amide bonds. The fraction of sp³-hybridized carbons (Fsp3) is 0.125. The average molecular weight is 472 g/mol. The fourth-order valence-corrected chi connectivity index (χ4v) is 3.56. The van der Waals surface area contributed by atoms with Crippen molar-refractivity contribution in [3.05, 3.63) is 50.1 Å². The van der Waals surface area contributed by atoms with Gasteiger partial charge in [-0.05, 0) is 74.0 Å². The SMILES string of the molecule is COc1ccc(N=C2S/C(=C\c3cc(Br)c(Br)o3)C(=O)N2C)cc1. The maximum Gasteiger partial charge on any atom is 0.266 e. The van der Waals surface area contributed by atoms with Gasteiger partial charge in [-0.3, -0.25) is 9.69 Å². The molecule has 0 unspecified atom stereocenters. The molecule has 0 saturated carbocycles. The van der Waals surface area contributed by atoms with Gasteiger partial charge in [-0.2, -0.15) is 0 Å². The van der Waals surface area contributed by atoms with Crippen LogP contribution in [0.2, 0.25) is 0 Å². The molecule has 0 spiro atoms. The summed E-state index contributed by atoms with van der Waals surface area (Å²) >= 11 is 7.94. The first-order valence-electron chi connectivity index (χ1n) is 6.83. The molecule has 5 nitrogen and oxygen atoms in total. The molecule has 2 aromatic rings. The Morgan fingerprint density at radius 1 is 1.29 bits per heavy atom. The molecule has 3 rings (SSSR count). The van der Waals surface area contributed by atoms with Crippen molar-refractivity contribution >= 4 is 66.5 Å². The minimum atomic E-state index is -0.115. The van der Waals surface area contributed by atoms with E-state index in [4.69, 9.17) is 9.15 Å². The minimum Gasteiger partial charge on any atom is -0.497 e. The van der Waals surface area contributed by atoms with E-state index in [9.17, 15) is 4.79 Å². The Morgan fingerprint density at radius 2 is 2.00 bits per heavy atom. The number of hydrogen-bond acceptors (Lipinski definition) is 5. The number of carbonyl (C=O) groups is 1. The van der Waals surface area contributed by atoms with Gasteiger partial charge in [0.2, 0.25) is 0 Å². The van der Waals surface area contributed by atoms with E-state index in [2.05, 4.69) is 36.9 Å². The van der Waals surface area contributed by atoms with Gasteiger partial charge in [-0.25, -0.2) is 4.99 Å². The van der Waals surface area contributed by atoms with Crippen LogP contribution in [0, 0.1) is 0 Å². The number of benzene rings is 1. The predicted molar refractivity (Wildman–Crippen MR) is 103 cm³/mol. The van der Waals surface area contributed by atoms with Crippen molar-refractivity contribution in [1.82, 2.24) is 4.90 Å². The Kier molecular flexibility index (Phi) is 5.17. The third-order valence-electron chi connectivity index (χ3n) is 3.24. The Bertz CT molecular complexity index is 824. The van der Waals surface area contributed by atoms with Crippen LogP contribution in [0.25, 0.3) is 6.08 Å². The topological polar surface area (TPSA) is 55.0 Å². The lowest BCUT2D eigenvalue weighted by molar-refractivity contribution is -0.121. The number of methoxy groups -OCH3 is 1. The van der Waals surface area contributed by atoms with Gasteiger partial charge in [-0.1, -0.05) is 0 Å². The number of thioether (sulfide) groups is 1. The second-order valence-corrected chi connectivity index (χ2v) is 7.42. The Balaban J connectivity index is 1.86. The van der Waals surface area contributed by atoms with Crippen LogP contribution in [0.3, 0.4) is 0 Å². The van der Waals surface area contributed by atoms with Crippen LogP contribution >= 0.6 is 43.6 Å². The van der Waals surface area contributed by atoms with Gasteiger partial charge >= 0.3 is 0 Å². The molecule has 0 aliphatic carbocycles. The van der Waals surface area contributed by atoms with E-state index in [1.165, 1.54) is 16.7 Å². The molecule has 2 heterocycles. The third kappa shape index (κ3) is 3.60. The highest BCUT2D eigenvalue weighted by Crippen LogP contribution is 2.35. The van der Waals surface area contributed by atoms with Gasteiger partial charge in [0.25, 0.3) is 5.91 Å². The molecule has 1 aliphatic rings. The van der Waals surface area contributed by atoms with E-state index in [0.717, 1.165) is 15.9 Å². The maximum absolute atomic E-state index is 12.4. The monoisotopic (exact) mass is 470 g/mol. The molecule has 0 N–H and O–H groups in total. The molecule has 1 saturated heterocycles. The molecule has 1 aliphatic heterocycles. The maximum atomic E-state index is 12.4. The second-order valence-electron chi connectivity index (χ2n) is 4.84. The lowest BCUT2D eigenvalue weighted by atomic mass is 10.3. The number of aliphatic imine (C=N–C) groups is 1. The Hall–Kier alpha value is -1.51. The summed E-state index contributed by atoms with van der Waals surface area (Å²) in [5, 5.41) is 0.612. The molecular weight excluding hydrogens is 460 g/mol. The van der Waals surface area contributed by atoms with Gasteiger partial charge in [-0.15, -0.1) is 0 Å². The summed E-state index contributed by atoms with van der Waals surface area (Å²) in [4.78, 5) is 19.0. The summed E-state index contributed by atoms with van der Waals surface area (Å²) in [6.45, 7) is 0. The van der Waals surface area contributed by atoms with E-state index in [1.807, 2.05) is 24.3 Å². The van der Waals surface area contributed by atoms with Crippen LogP contribution in [-0.4, -0.2) is 30.1 Å². The van der Waals surface area contributed by atoms with Crippen LogP contribution in [0.5, 0.6) is 5.75 Å². The molecular formula is C16H12Br2N2O3S. The van der Waals surface area contributed by atoms with Crippen LogP contribution < -0.4 is 4.74 Å². The molecule has 1 aromatic carbocycles. The van der Waals surface area contributed by atoms with E-state index >= 15 is 0 Å². The number of hydrogen-bond donors (Lipinski definition) is 0. The Morgan fingerprint density at radius 3 is 2.58 bits per heavy atom. The minimum absolute atomic E-state index is 0.115. The van der Waals surface area contributed by atoms with Crippen LogP contribution in [-0.2, 0) is 4.79 Å². The lowest BCUT2D eigenvalue weighted by Gasteiger charge is -2.07. The van der Waals surface area contributed by atoms with Crippen LogP contribution in [0.4, 0.5) is 5.69 Å². The van der Waals surface area contributed by atoms with Gasteiger partial charge in [0.1, 0.15) is 11.5 Å². The van der Waals surface area contributed by atoms with E-state index in [1.54, 1.807) is 26.3 Å². The first kappa shape index (κ1) is 17.3. The normalized spacial score (nSPS) is 18.0. The van der Waals surface area contributed by atoms with Gasteiger partial charge in [0.15, 0.2) is 9.84 Å². The molecule has 0 bridgehead atoms. The third-order valence-corrected chi connectivity index (χ3v) is 6.01. The summed E-state index contributed by atoms with van der Waals surface area (Å²) < 4.78 is 12.0. The summed E-state index contributed by atoms with van der Waals surface area (Å²) in [5.74, 6) is 1.23. The zero-order valence-corrected chi connectivity index (χ0v) is 16.7. The van der Waals surface area contributed by atoms with Crippen LogP contribution in [0.15, 0.2) is 53.8 Å². The number of amidine groups is 1. The zero-order valence-electron chi connectivity index (χ0n) is 12.7. The molecule has 0 atom stereocenters. The van der Waals surface area contributed by atoms with Crippen molar-refractivity contribution in [3.8, 4) is 5.75 Å². The van der Waals surface area contributed by atoms with Crippen LogP contribution in [0.1, 0.15) is 5.76 Å². The quantitative estimate of drug-likeness (QED) is 0.588. The summed E-state index contributed by atoms with van der Waals surface area (Å²) in [7, 11) is 3.31. The molecule has 8 heteroatoms. The fourth-order valence-electron chi connectivity index (χ4n) is 1.98. The number of carbonyl (C=O) groups excluding carboxylic acids is 1. The van der Waals surface area contributed by atoms with Crippen molar-refractivity contribution < 1.29 is 13.9 Å². The standard InChI is InChI=1S/C16H12Br2N2O3S/c1-20-15(21)13(8-11-7-12(17)14(18)23-11)24-16(20)19-9-3-5-10(22-2)6-4-9/h3-8H,1-2H3/b13-8-,19-16?. The van der Waals surface area contributed by atoms with Crippen molar-refractivity contribution in [1.29, 1.82) is 0 Å². The van der Waals surface area contributed by atoms with E-state index < -0.39 is 0 Å². The highest BCUT2D eigenvalue weighted by Gasteiger charge is 2.30. The number of ether oxygens (including phenoxy) is 1. The largest absolute Gasteiger partial charge is 0.497 e. The van der Waals surface area contributed by atoms with E-state index in [-0.39, 0.29) is 5.91 Å². The number of likely N-dealkylation sites (N-methyl/N-ethyl adjacent to an activating group) is 1. The molecule has 0 radical (unpaired) electrons. The Labute approximate surface area is 160 Å². The number of nitrogens with zero attached hydrogens (tertiary/aromatic N) is 2. The van der Waals surface area contributed by atoms with Crippen molar-refractivity contribution in [2.24, 2.45) is 4.99 Å². The molecule has 1 fully saturated rings. The number of halogens is 2. The summed E-state index contributed by atoms with van der Waals surface area (Å²) in [6, 6.07) is 9.13. The van der Waals surface area contributed by atoms with Gasteiger partial charge < -0.3 is 9.15 Å². The first-order valence-corrected chi connectivity index (χ1v) is 9.23. The van der Waals surface area contributed by atoms with Gasteiger partial charge in [0, 0.05) is 13.1 Å². The zero-order chi connectivity index (χ0) is 17.3. The van der Waals surface area contributed by atoms with Crippen molar-refractivity contribution in [2.75, 3.05) is 14.2 Å². The van der Waals surface area contributed by atoms with Gasteiger partial charge in [0.05, 0.1) is 22.2 Å². The number of amides is 1. The first-order chi connectivity index (χ1) is 11.5. The van der Waals surface area contributed by atoms with E-state index in [0.29, 0.717) is 20.5 Å². The van der Waals surface area contributed by atoms with Crippen molar-refractivity contribution in [2.45, 2.75) is 0 Å². The number of furan rings is 1. The summed E-state index contributed by atoms with van der Waals surface area (Å²) in [6.07, 6.45) is 1.70. The number of rotatable bonds is 3. The predicted octanol–water partition coefficient (Wildman–Crippen LogP) is 5.05. The second kappa shape index (κ2) is 7.16. The molecule has 124 valence electrons. The molecule has 24 heavy (non-hydrogen) atoms. The molecule has 1 aromatic heterocycles. The smallest absolute Gasteiger partial charge is 0.266 e. The highest BCUT2D eigenvalue weighted by atomic mass is 79.9. The average Bonchev–Trinajstić information content (AvgIpc) is 3.02. The highest BCUT2D eigenvalue weighted by molar-refractivity contribution is 9.13. The summed E-state index contributed by atoms with van der Waals surface area (Å²) in [5.41, 5.74) is 0.752. The van der Waals surface area contributed by atoms with Crippen molar-refractivity contribution in [3.63, 3.8) is 0 Å².